The summed E-state index contributed by atoms with van der Waals surface area (Å²) in [5.41, 5.74) is 2.19. The quantitative estimate of drug-likeness (QED) is 0.580. The number of rotatable bonds is 4. The van der Waals surface area contributed by atoms with Crippen LogP contribution in [-0.2, 0) is 14.3 Å². The zero-order valence-corrected chi connectivity index (χ0v) is 16.3. The molecule has 1 aliphatic rings. The lowest BCUT2D eigenvalue weighted by Crippen LogP contribution is -2.35. The number of carbonyl (C=O) groups excluding carboxylic acids is 2. The smallest absolute Gasteiger partial charge is 0.331 e. The van der Waals surface area contributed by atoms with Crippen molar-refractivity contribution in [3.8, 4) is 6.07 Å². The highest BCUT2D eigenvalue weighted by atomic mass is 32.2. The zero-order chi connectivity index (χ0) is 19.9. The molecule has 1 aliphatic heterocycles. The third-order valence-corrected chi connectivity index (χ3v) is 5.57. The highest BCUT2D eigenvalue weighted by molar-refractivity contribution is 8.00. The number of hydrogen-bond acceptors (Lipinski definition) is 5. The second kappa shape index (κ2) is 9.25. The number of nitrogens with zero attached hydrogens (tertiary/aromatic N) is 2. The summed E-state index contributed by atoms with van der Waals surface area (Å²) in [4.78, 5) is 27.4. The van der Waals surface area contributed by atoms with E-state index in [-0.39, 0.29) is 12.5 Å². The molecular formula is C22H20N2O3S. The summed E-state index contributed by atoms with van der Waals surface area (Å²) in [6.45, 7) is 2.44. The lowest BCUT2D eigenvalue weighted by atomic mass is 10.1. The maximum atomic E-state index is 12.7. The molecule has 0 saturated heterocycles. The average molecular weight is 392 g/mol. The van der Waals surface area contributed by atoms with Crippen molar-refractivity contribution in [1.82, 2.24) is 0 Å². The first-order chi connectivity index (χ1) is 13.6. The Morgan fingerprint density at radius 3 is 2.75 bits per heavy atom. The maximum absolute atomic E-state index is 12.7. The van der Waals surface area contributed by atoms with Gasteiger partial charge in [0.25, 0.3) is 5.91 Å². The van der Waals surface area contributed by atoms with Gasteiger partial charge in [-0.05, 0) is 42.3 Å². The Morgan fingerprint density at radius 1 is 1.25 bits per heavy atom. The van der Waals surface area contributed by atoms with Gasteiger partial charge in [-0.1, -0.05) is 31.2 Å². The highest BCUT2D eigenvalue weighted by Gasteiger charge is 2.24. The number of fused-ring (bicyclic) bond motifs is 1. The first-order valence-electron chi connectivity index (χ1n) is 8.98. The normalized spacial score (nSPS) is 16.1. The molecule has 0 aromatic heterocycles. The Bertz CT molecular complexity index is 932. The van der Waals surface area contributed by atoms with Gasteiger partial charge in [0, 0.05) is 22.8 Å². The van der Waals surface area contributed by atoms with Crippen molar-refractivity contribution in [1.29, 1.82) is 5.26 Å². The first kappa shape index (κ1) is 19.7. The van der Waals surface area contributed by atoms with Crippen LogP contribution in [0.15, 0.2) is 59.5 Å². The Hall–Kier alpha value is -3.04. The molecule has 0 bridgehead atoms. The van der Waals surface area contributed by atoms with Gasteiger partial charge < -0.3 is 9.64 Å². The molecule has 0 spiro atoms. The number of carbonyl (C=O) groups is 2. The predicted octanol–water partition coefficient (Wildman–Crippen LogP) is 4.03. The largest absolute Gasteiger partial charge is 0.452 e. The standard InChI is InChI=1S/C22H20N2O3S/c1-16-12-13-24(19-4-2-3-5-20(19)28-16)21(25)15-27-22(26)11-10-17-6-8-18(14-23)9-7-17/h2-11,16H,12-13,15H2,1H3/b11-10+/t16-/m0/s1. The predicted molar refractivity (Wildman–Crippen MR) is 110 cm³/mol. The minimum Gasteiger partial charge on any atom is -0.452 e. The molecule has 1 heterocycles. The molecule has 0 aliphatic carbocycles. The third-order valence-electron chi connectivity index (χ3n) is 4.33. The minimum absolute atomic E-state index is 0.234. The number of esters is 1. The van der Waals surface area contributed by atoms with Crippen molar-refractivity contribution < 1.29 is 14.3 Å². The molecule has 6 heteroatoms. The van der Waals surface area contributed by atoms with E-state index in [1.54, 1.807) is 47.0 Å². The van der Waals surface area contributed by atoms with E-state index < -0.39 is 5.97 Å². The molecule has 2 aromatic carbocycles. The molecule has 2 aromatic rings. The van der Waals surface area contributed by atoms with Crippen molar-refractivity contribution in [3.05, 3.63) is 65.7 Å². The minimum atomic E-state index is -0.580. The molecule has 0 unspecified atom stereocenters. The van der Waals surface area contributed by atoms with Crippen molar-refractivity contribution in [2.75, 3.05) is 18.1 Å². The van der Waals surface area contributed by atoms with Crippen LogP contribution in [-0.4, -0.2) is 30.3 Å². The maximum Gasteiger partial charge on any atom is 0.331 e. The van der Waals surface area contributed by atoms with E-state index in [1.807, 2.05) is 30.3 Å². The fraction of sp³-hybridized carbons (Fsp3) is 0.227. The van der Waals surface area contributed by atoms with Crippen molar-refractivity contribution in [3.63, 3.8) is 0 Å². The summed E-state index contributed by atoms with van der Waals surface area (Å²) in [5.74, 6) is -0.814. The van der Waals surface area contributed by atoms with E-state index in [9.17, 15) is 9.59 Å². The fourth-order valence-electron chi connectivity index (χ4n) is 2.84. The number of benzene rings is 2. The second-order valence-corrected chi connectivity index (χ2v) is 7.89. The average Bonchev–Trinajstić information content (AvgIpc) is 2.89. The molecular weight excluding hydrogens is 372 g/mol. The SMILES string of the molecule is C[C@H]1CCN(C(=O)COC(=O)/C=C/c2ccc(C#N)cc2)c2ccccc2S1. The molecule has 142 valence electrons. The fourth-order valence-corrected chi connectivity index (χ4v) is 3.95. The third kappa shape index (κ3) is 5.02. The van der Waals surface area contributed by atoms with E-state index in [2.05, 4.69) is 6.92 Å². The van der Waals surface area contributed by atoms with Gasteiger partial charge in [-0.15, -0.1) is 11.8 Å². The van der Waals surface area contributed by atoms with Gasteiger partial charge in [0.2, 0.25) is 0 Å². The monoisotopic (exact) mass is 392 g/mol. The number of amides is 1. The zero-order valence-electron chi connectivity index (χ0n) is 15.5. The molecule has 0 radical (unpaired) electrons. The Morgan fingerprint density at radius 2 is 2.00 bits per heavy atom. The van der Waals surface area contributed by atoms with E-state index in [4.69, 9.17) is 10.00 Å². The van der Waals surface area contributed by atoms with Crippen LogP contribution >= 0.6 is 11.8 Å². The van der Waals surface area contributed by atoms with Crippen molar-refractivity contribution in [2.45, 2.75) is 23.5 Å². The van der Waals surface area contributed by atoms with E-state index in [0.29, 0.717) is 17.4 Å². The van der Waals surface area contributed by atoms with Gasteiger partial charge in [-0.2, -0.15) is 5.26 Å². The van der Waals surface area contributed by atoms with Gasteiger partial charge in [0.05, 0.1) is 17.3 Å². The molecule has 0 fully saturated rings. The van der Waals surface area contributed by atoms with E-state index in [0.717, 1.165) is 22.6 Å². The van der Waals surface area contributed by atoms with Crippen LogP contribution < -0.4 is 4.90 Å². The number of hydrogen-bond donors (Lipinski definition) is 0. The van der Waals surface area contributed by atoms with Crippen molar-refractivity contribution >= 4 is 35.4 Å². The van der Waals surface area contributed by atoms with E-state index in [1.165, 1.54) is 6.08 Å². The highest BCUT2D eigenvalue weighted by Crippen LogP contribution is 2.37. The van der Waals surface area contributed by atoms with E-state index >= 15 is 0 Å². The van der Waals surface area contributed by atoms with Crippen LogP contribution in [0.4, 0.5) is 5.69 Å². The van der Waals surface area contributed by atoms with Gasteiger partial charge in [0.15, 0.2) is 6.61 Å². The second-order valence-electron chi connectivity index (χ2n) is 6.41. The molecule has 28 heavy (non-hydrogen) atoms. The summed E-state index contributed by atoms with van der Waals surface area (Å²) in [6.07, 6.45) is 3.74. The summed E-state index contributed by atoms with van der Waals surface area (Å²) < 4.78 is 5.13. The van der Waals surface area contributed by atoms with Gasteiger partial charge in [0.1, 0.15) is 0 Å². The topological polar surface area (TPSA) is 70.4 Å². The summed E-state index contributed by atoms with van der Waals surface area (Å²) in [6, 6.07) is 16.6. The number of ether oxygens (including phenoxy) is 1. The molecule has 1 amide bonds. The molecule has 1 atom stereocenters. The van der Waals surface area contributed by atoms with Gasteiger partial charge in [-0.25, -0.2) is 4.79 Å². The van der Waals surface area contributed by atoms with Crippen molar-refractivity contribution in [2.24, 2.45) is 0 Å². The summed E-state index contributed by atoms with van der Waals surface area (Å²) in [5, 5.41) is 9.20. The van der Waals surface area contributed by atoms with Crippen LogP contribution in [0.1, 0.15) is 24.5 Å². The Labute approximate surface area is 168 Å². The Kier molecular flexibility index (Phi) is 6.51. The number of thioether (sulfide) groups is 1. The summed E-state index contributed by atoms with van der Waals surface area (Å²) >= 11 is 1.75. The van der Waals surface area contributed by atoms with Gasteiger partial charge in [-0.3, -0.25) is 4.79 Å². The van der Waals surface area contributed by atoms with Crippen LogP contribution in [0.2, 0.25) is 0 Å². The van der Waals surface area contributed by atoms with Crippen LogP contribution in [0.25, 0.3) is 6.08 Å². The van der Waals surface area contributed by atoms with Crippen LogP contribution in [0.5, 0.6) is 0 Å². The lowest BCUT2D eigenvalue weighted by molar-refractivity contribution is -0.142. The summed E-state index contributed by atoms with van der Waals surface area (Å²) in [7, 11) is 0. The first-order valence-corrected chi connectivity index (χ1v) is 9.86. The molecule has 0 N–H and O–H groups in total. The van der Waals surface area contributed by atoms with Crippen LogP contribution in [0.3, 0.4) is 0 Å². The molecule has 3 rings (SSSR count). The molecule has 5 nitrogen and oxygen atoms in total. The van der Waals surface area contributed by atoms with Crippen LogP contribution in [0, 0.1) is 11.3 Å². The number of nitriles is 1. The van der Waals surface area contributed by atoms with Gasteiger partial charge >= 0.3 is 5.97 Å². The number of anilines is 1. The number of para-hydroxylation sites is 1. The molecule has 0 saturated carbocycles. The lowest BCUT2D eigenvalue weighted by Gasteiger charge is -2.22. The Balaban J connectivity index is 1.59.